The lowest BCUT2D eigenvalue weighted by molar-refractivity contribution is -0.137. The highest BCUT2D eigenvalue weighted by atomic mass is 19.4. The molecule has 3 aromatic rings. The largest absolute Gasteiger partial charge is 0.497 e. The maximum Gasteiger partial charge on any atom is 0.416 e. The summed E-state index contributed by atoms with van der Waals surface area (Å²) in [5.41, 5.74) is 3.14. The van der Waals surface area contributed by atoms with Gasteiger partial charge in [-0.3, -0.25) is 9.80 Å². The summed E-state index contributed by atoms with van der Waals surface area (Å²) in [5, 5.41) is 0. The van der Waals surface area contributed by atoms with Gasteiger partial charge in [0.15, 0.2) is 0 Å². The molecule has 170 valence electrons. The van der Waals surface area contributed by atoms with Crippen LogP contribution in [0.2, 0.25) is 0 Å². The summed E-state index contributed by atoms with van der Waals surface area (Å²) >= 11 is 0. The molecule has 0 aliphatic carbocycles. The Labute approximate surface area is 185 Å². The molecule has 5 nitrogen and oxygen atoms in total. The molecule has 1 aliphatic heterocycles. The van der Waals surface area contributed by atoms with Crippen molar-refractivity contribution in [3.8, 4) is 17.1 Å². The minimum Gasteiger partial charge on any atom is -0.497 e. The molecule has 1 aromatic heterocycles. The van der Waals surface area contributed by atoms with Crippen LogP contribution in [0.15, 0.2) is 48.5 Å². The summed E-state index contributed by atoms with van der Waals surface area (Å²) < 4.78 is 43.6. The molecule has 32 heavy (non-hydrogen) atoms. The van der Waals surface area contributed by atoms with E-state index in [2.05, 4.69) is 31.9 Å². The number of rotatable bonds is 6. The van der Waals surface area contributed by atoms with E-state index in [1.807, 2.05) is 19.1 Å². The number of piperazine rings is 1. The Hall–Kier alpha value is -2.84. The number of aryl methyl sites for hydroxylation is 1. The maximum atomic E-state index is 12.8. The average Bonchev–Trinajstić information content (AvgIpc) is 3.15. The number of hydrogen-bond acceptors (Lipinski definition) is 4. The molecule has 2 aromatic carbocycles. The van der Waals surface area contributed by atoms with Crippen molar-refractivity contribution in [2.75, 3.05) is 33.3 Å². The van der Waals surface area contributed by atoms with Crippen molar-refractivity contribution in [2.45, 2.75) is 26.2 Å². The van der Waals surface area contributed by atoms with Crippen LogP contribution in [-0.2, 0) is 19.3 Å². The third-order valence-corrected chi connectivity index (χ3v) is 5.87. The molecule has 1 aliphatic rings. The van der Waals surface area contributed by atoms with E-state index in [0.29, 0.717) is 11.4 Å². The number of ether oxygens (including phenoxy) is 1. The van der Waals surface area contributed by atoms with Gasteiger partial charge in [0.05, 0.1) is 18.4 Å². The summed E-state index contributed by atoms with van der Waals surface area (Å²) in [5.74, 6) is 1.47. The quantitative estimate of drug-likeness (QED) is 0.597. The van der Waals surface area contributed by atoms with E-state index in [1.54, 1.807) is 7.11 Å². The molecule has 0 bridgehead atoms. The minimum atomic E-state index is -4.34. The number of H-pyrrole nitrogens is 1. The third kappa shape index (κ3) is 5.31. The highest BCUT2D eigenvalue weighted by molar-refractivity contribution is 5.56. The first-order valence-electron chi connectivity index (χ1n) is 10.6. The van der Waals surface area contributed by atoms with Crippen LogP contribution in [0.4, 0.5) is 13.2 Å². The van der Waals surface area contributed by atoms with Crippen LogP contribution < -0.4 is 4.74 Å². The number of nitrogens with zero attached hydrogens (tertiary/aromatic N) is 3. The van der Waals surface area contributed by atoms with Gasteiger partial charge < -0.3 is 9.72 Å². The normalized spacial score (nSPS) is 15.8. The van der Waals surface area contributed by atoms with Crippen molar-refractivity contribution < 1.29 is 17.9 Å². The predicted octanol–water partition coefficient (Wildman–Crippen LogP) is 4.73. The lowest BCUT2D eigenvalue weighted by atomic mass is 10.1. The molecule has 0 atom stereocenters. The van der Waals surface area contributed by atoms with Crippen molar-refractivity contribution in [3.63, 3.8) is 0 Å². The van der Waals surface area contributed by atoms with E-state index < -0.39 is 11.7 Å². The zero-order valence-corrected chi connectivity index (χ0v) is 18.2. The van der Waals surface area contributed by atoms with Crippen LogP contribution in [0, 0.1) is 6.92 Å². The van der Waals surface area contributed by atoms with E-state index >= 15 is 0 Å². The number of nitrogens with one attached hydrogen (secondary N) is 1. The number of imidazole rings is 1. The maximum absolute atomic E-state index is 12.8. The lowest BCUT2D eigenvalue weighted by Gasteiger charge is -2.34. The number of alkyl halides is 3. The van der Waals surface area contributed by atoms with Gasteiger partial charge in [-0.25, -0.2) is 4.98 Å². The molecule has 4 rings (SSSR count). The predicted molar refractivity (Wildman–Crippen MR) is 117 cm³/mol. The van der Waals surface area contributed by atoms with Crippen molar-refractivity contribution in [1.82, 2.24) is 19.8 Å². The Balaban J connectivity index is 1.33. The van der Waals surface area contributed by atoms with Gasteiger partial charge in [0, 0.05) is 50.5 Å². The van der Waals surface area contributed by atoms with E-state index in [1.165, 1.54) is 17.7 Å². The first kappa shape index (κ1) is 22.4. The smallest absolute Gasteiger partial charge is 0.416 e. The van der Waals surface area contributed by atoms with Crippen LogP contribution in [-0.4, -0.2) is 53.1 Å². The Kier molecular flexibility index (Phi) is 6.53. The Bertz CT molecular complexity index is 1020. The van der Waals surface area contributed by atoms with E-state index in [-0.39, 0.29) is 0 Å². The number of hydrogen-bond donors (Lipinski definition) is 1. The van der Waals surface area contributed by atoms with Crippen molar-refractivity contribution in [3.05, 3.63) is 71.0 Å². The zero-order chi connectivity index (χ0) is 22.7. The van der Waals surface area contributed by atoms with Crippen LogP contribution >= 0.6 is 0 Å². The first-order valence-corrected chi connectivity index (χ1v) is 10.6. The Morgan fingerprint density at radius 1 is 0.906 bits per heavy atom. The summed E-state index contributed by atoms with van der Waals surface area (Å²) in [6, 6.07) is 13.3. The SMILES string of the molecule is COc1ccc(CN2CCN(Cc3nc(-c4ccc(C(F)(F)F)cc4)[nH]c3C)CC2)cc1. The molecule has 2 heterocycles. The average molecular weight is 445 g/mol. The van der Waals surface area contributed by atoms with Gasteiger partial charge in [0.2, 0.25) is 0 Å². The van der Waals surface area contributed by atoms with Gasteiger partial charge in [0.25, 0.3) is 0 Å². The van der Waals surface area contributed by atoms with E-state index in [9.17, 15) is 13.2 Å². The van der Waals surface area contributed by atoms with E-state index in [0.717, 1.165) is 68.5 Å². The van der Waals surface area contributed by atoms with E-state index in [4.69, 9.17) is 4.74 Å². The van der Waals surface area contributed by atoms with Gasteiger partial charge in [-0.15, -0.1) is 0 Å². The number of halogens is 3. The fourth-order valence-corrected chi connectivity index (χ4v) is 3.91. The van der Waals surface area contributed by atoms with Gasteiger partial charge in [0.1, 0.15) is 11.6 Å². The molecule has 0 saturated carbocycles. The van der Waals surface area contributed by atoms with Crippen molar-refractivity contribution in [1.29, 1.82) is 0 Å². The summed E-state index contributed by atoms with van der Waals surface area (Å²) in [4.78, 5) is 12.7. The number of benzene rings is 2. The molecule has 1 fully saturated rings. The monoisotopic (exact) mass is 444 g/mol. The van der Waals surface area contributed by atoms with Gasteiger partial charge in [-0.2, -0.15) is 13.2 Å². The first-order chi connectivity index (χ1) is 15.3. The Morgan fingerprint density at radius 3 is 2.06 bits per heavy atom. The number of methoxy groups -OCH3 is 1. The van der Waals surface area contributed by atoms with Crippen LogP contribution in [0.1, 0.15) is 22.5 Å². The minimum absolute atomic E-state index is 0.601. The van der Waals surface area contributed by atoms with Crippen LogP contribution in [0.25, 0.3) is 11.4 Å². The summed E-state index contributed by atoms with van der Waals surface area (Å²) in [6.45, 7) is 7.42. The molecule has 0 amide bonds. The zero-order valence-electron chi connectivity index (χ0n) is 18.2. The molecule has 0 spiro atoms. The summed E-state index contributed by atoms with van der Waals surface area (Å²) in [7, 11) is 1.67. The number of aromatic amines is 1. The van der Waals surface area contributed by atoms with Crippen LogP contribution in [0.5, 0.6) is 5.75 Å². The molecule has 1 saturated heterocycles. The second-order valence-electron chi connectivity index (χ2n) is 8.13. The molecule has 8 heteroatoms. The molecule has 0 radical (unpaired) electrons. The van der Waals surface area contributed by atoms with Crippen molar-refractivity contribution >= 4 is 0 Å². The highest BCUT2D eigenvalue weighted by Crippen LogP contribution is 2.30. The van der Waals surface area contributed by atoms with Gasteiger partial charge in [-0.05, 0) is 36.8 Å². The van der Waals surface area contributed by atoms with Gasteiger partial charge >= 0.3 is 6.18 Å². The molecular weight excluding hydrogens is 417 g/mol. The second-order valence-corrected chi connectivity index (χ2v) is 8.13. The fraction of sp³-hybridized carbons (Fsp3) is 0.375. The molecular formula is C24H27F3N4O. The third-order valence-electron chi connectivity index (χ3n) is 5.87. The fourth-order valence-electron chi connectivity index (χ4n) is 3.91. The Morgan fingerprint density at radius 2 is 1.50 bits per heavy atom. The molecule has 0 unspecified atom stereocenters. The second kappa shape index (κ2) is 9.34. The summed E-state index contributed by atoms with van der Waals surface area (Å²) in [6.07, 6.45) is -4.34. The lowest BCUT2D eigenvalue weighted by Crippen LogP contribution is -2.45. The van der Waals surface area contributed by atoms with Crippen LogP contribution in [0.3, 0.4) is 0 Å². The number of aromatic nitrogens is 2. The van der Waals surface area contributed by atoms with Gasteiger partial charge in [-0.1, -0.05) is 24.3 Å². The van der Waals surface area contributed by atoms with Crippen molar-refractivity contribution in [2.24, 2.45) is 0 Å². The highest BCUT2D eigenvalue weighted by Gasteiger charge is 2.30. The molecule has 1 N–H and O–H groups in total. The standard InChI is InChI=1S/C24H27F3N4O/c1-17-22(29-23(28-17)19-5-7-20(8-6-19)24(25,26)27)16-31-13-11-30(12-14-31)15-18-3-9-21(32-2)10-4-18/h3-10H,11-16H2,1-2H3,(H,28,29). The topological polar surface area (TPSA) is 44.4 Å².